The minimum atomic E-state index is -3.55. The topological polar surface area (TPSA) is 84.3 Å². The molecule has 1 aliphatic heterocycles. The van der Waals surface area contributed by atoms with Gasteiger partial charge in [0.1, 0.15) is 5.69 Å². The Balaban J connectivity index is 1.77. The van der Waals surface area contributed by atoms with E-state index < -0.39 is 10.0 Å². The number of nitrogens with zero attached hydrogens (tertiary/aromatic N) is 3. The molecule has 0 unspecified atom stereocenters. The predicted molar refractivity (Wildman–Crippen MR) is 93.4 cm³/mol. The Morgan fingerprint density at radius 1 is 1.24 bits per heavy atom. The number of sulfonamides is 1. The van der Waals surface area contributed by atoms with Gasteiger partial charge in [-0.05, 0) is 24.1 Å². The van der Waals surface area contributed by atoms with Crippen LogP contribution >= 0.6 is 0 Å². The Morgan fingerprint density at radius 3 is 2.64 bits per heavy atom. The van der Waals surface area contributed by atoms with Crippen molar-refractivity contribution in [2.45, 2.75) is 31.8 Å². The molecule has 0 fully saturated rings. The number of benzene rings is 1. The fourth-order valence-corrected chi connectivity index (χ4v) is 4.11. The lowest BCUT2D eigenvalue weighted by molar-refractivity contribution is 0.0943. The van der Waals surface area contributed by atoms with Gasteiger partial charge in [0.05, 0.1) is 23.7 Å². The zero-order valence-corrected chi connectivity index (χ0v) is 15.2. The van der Waals surface area contributed by atoms with E-state index in [1.165, 1.54) is 4.31 Å². The van der Waals surface area contributed by atoms with E-state index in [0.29, 0.717) is 31.2 Å². The summed E-state index contributed by atoms with van der Waals surface area (Å²) in [5.74, 6) is 0.126. The lowest BCUT2D eigenvalue weighted by Gasteiger charge is -2.26. The van der Waals surface area contributed by atoms with Gasteiger partial charge < -0.3 is 5.32 Å². The van der Waals surface area contributed by atoms with Crippen LogP contribution in [-0.2, 0) is 23.1 Å². The molecule has 0 aliphatic carbocycles. The summed E-state index contributed by atoms with van der Waals surface area (Å²) in [4.78, 5) is 12.4. The molecular formula is C17H22N4O3S. The van der Waals surface area contributed by atoms with Crippen molar-refractivity contribution >= 4 is 15.9 Å². The number of hydrogen-bond donors (Lipinski definition) is 1. The quantitative estimate of drug-likeness (QED) is 0.873. The molecule has 7 nitrogen and oxygen atoms in total. The molecule has 1 N–H and O–H groups in total. The maximum atomic E-state index is 12.7. The van der Waals surface area contributed by atoms with Gasteiger partial charge in [0, 0.05) is 13.1 Å². The lowest BCUT2D eigenvalue weighted by atomic mass is 10.2. The van der Waals surface area contributed by atoms with Crippen LogP contribution in [0.1, 0.15) is 30.0 Å². The third-order valence-corrected chi connectivity index (χ3v) is 5.91. The van der Waals surface area contributed by atoms with E-state index in [2.05, 4.69) is 10.4 Å². The van der Waals surface area contributed by atoms with Crippen LogP contribution in [0.4, 0.5) is 0 Å². The van der Waals surface area contributed by atoms with Crippen molar-refractivity contribution in [2.75, 3.05) is 13.1 Å². The molecule has 0 radical (unpaired) electrons. The highest BCUT2D eigenvalue weighted by molar-refractivity contribution is 7.89. The lowest BCUT2D eigenvalue weighted by Crippen LogP contribution is -2.38. The average molecular weight is 362 g/mol. The molecule has 1 aromatic heterocycles. The number of carbonyl (C=O) groups excluding carboxylic acids is 1. The second kappa shape index (κ2) is 6.97. The number of rotatable bonds is 5. The van der Waals surface area contributed by atoms with Gasteiger partial charge in [0.25, 0.3) is 5.91 Å². The van der Waals surface area contributed by atoms with Crippen molar-refractivity contribution in [1.82, 2.24) is 19.4 Å². The SMILES string of the molecule is CC(C)CNC(=O)c1cc2n(n1)CCN(S(=O)(=O)c1ccccc1)C2. The van der Waals surface area contributed by atoms with Gasteiger partial charge in [-0.15, -0.1) is 0 Å². The second-order valence-electron chi connectivity index (χ2n) is 6.50. The number of aromatic nitrogens is 2. The van der Waals surface area contributed by atoms with Gasteiger partial charge in [-0.25, -0.2) is 8.42 Å². The summed E-state index contributed by atoms with van der Waals surface area (Å²) in [6.07, 6.45) is 0. The fourth-order valence-electron chi connectivity index (χ4n) is 2.69. The smallest absolute Gasteiger partial charge is 0.271 e. The van der Waals surface area contributed by atoms with Crippen molar-refractivity contribution in [3.05, 3.63) is 47.8 Å². The number of fused-ring (bicyclic) bond motifs is 1. The van der Waals surface area contributed by atoms with Crippen LogP contribution in [0.15, 0.2) is 41.3 Å². The van der Waals surface area contributed by atoms with Crippen LogP contribution in [0.25, 0.3) is 0 Å². The Labute approximate surface area is 147 Å². The number of amides is 1. The van der Waals surface area contributed by atoms with E-state index >= 15 is 0 Å². The van der Waals surface area contributed by atoms with Crippen molar-refractivity contribution in [3.63, 3.8) is 0 Å². The highest BCUT2D eigenvalue weighted by Gasteiger charge is 2.29. The van der Waals surface area contributed by atoms with Gasteiger partial charge in [0.15, 0.2) is 0 Å². The summed E-state index contributed by atoms with van der Waals surface area (Å²) < 4.78 is 28.6. The summed E-state index contributed by atoms with van der Waals surface area (Å²) in [6, 6.07) is 10.0. The van der Waals surface area contributed by atoms with Crippen molar-refractivity contribution in [3.8, 4) is 0 Å². The van der Waals surface area contributed by atoms with Crippen molar-refractivity contribution < 1.29 is 13.2 Å². The monoisotopic (exact) mass is 362 g/mol. The number of nitrogens with one attached hydrogen (secondary N) is 1. The van der Waals surface area contributed by atoms with Crippen molar-refractivity contribution in [2.24, 2.45) is 5.92 Å². The molecular weight excluding hydrogens is 340 g/mol. The Kier molecular flexibility index (Phi) is 4.91. The Bertz CT molecular complexity index is 859. The van der Waals surface area contributed by atoms with Crippen LogP contribution < -0.4 is 5.32 Å². The van der Waals surface area contributed by atoms with E-state index in [4.69, 9.17) is 0 Å². The first-order valence-electron chi connectivity index (χ1n) is 8.28. The Morgan fingerprint density at radius 2 is 1.96 bits per heavy atom. The molecule has 8 heteroatoms. The first-order chi connectivity index (χ1) is 11.9. The van der Waals surface area contributed by atoms with Crippen LogP contribution in [0.2, 0.25) is 0 Å². The van der Waals surface area contributed by atoms with Gasteiger partial charge >= 0.3 is 0 Å². The van der Waals surface area contributed by atoms with Gasteiger partial charge in [0.2, 0.25) is 10.0 Å². The van der Waals surface area contributed by atoms with Crippen LogP contribution in [0.5, 0.6) is 0 Å². The first-order valence-corrected chi connectivity index (χ1v) is 9.72. The molecule has 1 amide bonds. The van der Waals surface area contributed by atoms with E-state index in [9.17, 15) is 13.2 Å². The molecule has 134 valence electrons. The minimum absolute atomic E-state index is 0.210. The molecule has 1 aliphatic rings. The van der Waals surface area contributed by atoms with Crippen LogP contribution in [0, 0.1) is 5.92 Å². The molecule has 1 aromatic carbocycles. The summed E-state index contributed by atoms with van der Waals surface area (Å²) in [7, 11) is -3.55. The molecule has 2 heterocycles. The zero-order valence-electron chi connectivity index (χ0n) is 14.3. The molecule has 2 aromatic rings. The highest BCUT2D eigenvalue weighted by atomic mass is 32.2. The largest absolute Gasteiger partial charge is 0.350 e. The standard InChI is InChI=1S/C17H22N4O3S/c1-13(2)11-18-17(22)16-10-14-12-20(8-9-21(14)19-16)25(23,24)15-6-4-3-5-7-15/h3-7,10,13H,8-9,11-12H2,1-2H3,(H,18,22). The molecule has 0 saturated carbocycles. The second-order valence-corrected chi connectivity index (χ2v) is 8.44. The Hall–Kier alpha value is -2.19. The number of hydrogen-bond acceptors (Lipinski definition) is 4. The van der Waals surface area contributed by atoms with E-state index in [-0.39, 0.29) is 17.3 Å². The van der Waals surface area contributed by atoms with E-state index in [1.54, 1.807) is 41.1 Å². The average Bonchev–Trinajstić information content (AvgIpc) is 3.03. The normalized spacial score (nSPS) is 15.2. The fraction of sp³-hybridized carbons (Fsp3) is 0.412. The van der Waals surface area contributed by atoms with Crippen LogP contribution in [0.3, 0.4) is 0 Å². The van der Waals surface area contributed by atoms with Crippen molar-refractivity contribution in [1.29, 1.82) is 0 Å². The molecule has 0 saturated heterocycles. The van der Waals surface area contributed by atoms with Gasteiger partial charge in [-0.3, -0.25) is 9.48 Å². The molecule has 25 heavy (non-hydrogen) atoms. The summed E-state index contributed by atoms with van der Waals surface area (Å²) in [5, 5.41) is 7.13. The van der Waals surface area contributed by atoms with E-state index in [1.807, 2.05) is 13.8 Å². The summed E-state index contributed by atoms with van der Waals surface area (Å²) in [6.45, 7) is 5.59. The highest BCUT2D eigenvalue weighted by Crippen LogP contribution is 2.22. The maximum Gasteiger partial charge on any atom is 0.271 e. The summed E-state index contributed by atoms with van der Waals surface area (Å²) >= 11 is 0. The first kappa shape index (κ1) is 17.6. The molecule has 0 atom stereocenters. The third-order valence-electron chi connectivity index (χ3n) is 4.05. The van der Waals surface area contributed by atoms with Gasteiger partial charge in [-0.2, -0.15) is 9.40 Å². The summed E-state index contributed by atoms with van der Waals surface area (Å²) in [5.41, 5.74) is 1.05. The number of carbonyl (C=O) groups is 1. The third kappa shape index (κ3) is 3.74. The van der Waals surface area contributed by atoms with Crippen LogP contribution in [-0.4, -0.2) is 41.5 Å². The maximum absolute atomic E-state index is 12.7. The molecule has 0 spiro atoms. The molecule has 3 rings (SSSR count). The van der Waals surface area contributed by atoms with E-state index in [0.717, 1.165) is 5.69 Å². The predicted octanol–water partition coefficient (Wildman–Crippen LogP) is 1.47. The van der Waals surface area contributed by atoms with Gasteiger partial charge in [-0.1, -0.05) is 32.0 Å². The zero-order chi connectivity index (χ0) is 18.0. The minimum Gasteiger partial charge on any atom is -0.350 e. The molecule has 0 bridgehead atoms.